The van der Waals surface area contributed by atoms with E-state index in [4.69, 9.17) is 4.98 Å². The summed E-state index contributed by atoms with van der Waals surface area (Å²) in [6.07, 6.45) is 3.77. The van der Waals surface area contributed by atoms with Crippen molar-refractivity contribution in [1.29, 1.82) is 0 Å². The molecule has 1 fully saturated rings. The molecule has 0 unspecified atom stereocenters. The molecule has 1 aliphatic heterocycles. The highest BCUT2D eigenvalue weighted by atomic mass is 32.1. The van der Waals surface area contributed by atoms with E-state index in [9.17, 15) is 4.79 Å². The van der Waals surface area contributed by atoms with Gasteiger partial charge in [-0.2, -0.15) is 5.10 Å². The van der Waals surface area contributed by atoms with E-state index < -0.39 is 0 Å². The van der Waals surface area contributed by atoms with E-state index in [1.807, 2.05) is 54.6 Å². The highest BCUT2D eigenvalue weighted by Crippen LogP contribution is 2.30. The number of para-hydroxylation sites is 1. The third kappa shape index (κ3) is 4.49. The van der Waals surface area contributed by atoms with Gasteiger partial charge in [-0.15, -0.1) is 11.3 Å². The van der Waals surface area contributed by atoms with Gasteiger partial charge in [-0.25, -0.2) is 4.98 Å². The second kappa shape index (κ2) is 9.46. The van der Waals surface area contributed by atoms with Gasteiger partial charge in [0, 0.05) is 72.9 Å². The van der Waals surface area contributed by atoms with Crippen LogP contribution < -0.4 is 10.6 Å². The molecule has 1 aliphatic rings. The summed E-state index contributed by atoms with van der Waals surface area (Å²) < 4.78 is 2.18. The van der Waals surface area contributed by atoms with Crippen molar-refractivity contribution >= 4 is 27.9 Å². The van der Waals surface area contributed by atoms with E-state index >= 15 is 0 Å². The van der Waals surface area contributed by atoms with Crippen molar-refractivity contribution in [3.05, 3.63) is 83.6 Å². The number of amides is 1. The van der Waals surface area contributed by atoms with Crippen molar-refractivity contribution in [3.8, 4) is 22.5 Å². The lowest BCUT2D eigenvalue weighted by molar-refractivity contribution is 0.102. The number of anilines is 1. The Bertz CT molecular complexity index is 1460. The van der Waals surface area contributed by atoms with Gasteiger partial charge < -0.3 is 10.6 Å². The first-order valence-electron chi connectivity index (χ1n) is 11.6. The fourth-order valence-corrected chi connectivity index (χ4v) is 5.29. The summed E-state index contributed by atoms with van der Waals surface area (Å²) in [5.74, 6) is -0.167. The monoisotopic (exact) mass is 483 g/mol. The molecule has 9 heteroatoms. The second-order valence-electron chi connectivity index (χ2n) is 8.58. The fraction of sp³-hybridized carbons (Fsp3) is 0.192. The molecule has 0 bridgehead atoms. The van der Waals surface area contributed by atoms with Gasteiger partial charge in [0.1, 0.15) is 0 Å². The Morgan fingerprint density at radius 2 is 1.97 bits per heavy atom. The van der Waals surface area contributed by atoms with Gasteiger partial charge >= 0.3 is 0 Å². The number of hydrogen-bond donors (Lipinski definition) is 3. The zero-order chi connectivity index (χ0) is 23.6. The van der Waals surface area contributed by atoms with Crippen LogP contribution in [0, 0.1) is 0 Å². The molecule has 1 saturated heterocycles. The number of fused-ring (bicyclic) bond motifs is 1. The zero-order valence-electron chi connectivity index (χ0n) is 19.1. The molecule has 0 radical (unpaired) electrons. The lowest BCUT2D eigenvalue weighted by Gasteiger charge is -2.26. The molecule has 0 atom stereocenters. The lowest BCUT2D eigenvalue weighted by atomic mass is 10.1. The molecule has 176 valence electrons. The van der Waals surface area contributed by atoms with E-state index in [0.717, 1.165) is 65.9 Å². The predicted molar refractivity (Wildman–Crippen MR) is 139 cm³/mol. The largest absolute Gasteiger partial charge is 0.321 e. The summed E-state index contributed by atoms with van der Waals surface area (Å²) in [7, 11) is 0. The molecular formula is C26H25N7OS. The Balaban J connectivity index is 1.26. The van der Waals surface area contributed by atoms with E-state index in [-0.39, 0.29) is 5.91 Å². The molecule has 3 aromatic heterocycles. The maximum Gasteiger partial charge on any atom is 0.255 e. The second-order valence-corrected chi connectivity index (χ2v) is 9.42. The third-order valence-electron chi connectivity index (χ3n) is 6.27. The Kier molecular flexibility index (Phi) is 5.87. The van der Waals surface area contributed by atoms with Gasteiger partial charge in [0.15, 0.2) is 4.96 Å². The number of H-pyrrole nitrogens is 1. The lowest BCUT2D eigenvalue weighted by Crippen LogP contribution is -2.43. The van der Waals surface area contributed by atoms with Gasteiger partial charge in [0.05, 0.1) is 17.1 Å². The number of thiazole rings is 1. The van der Waals surface area contributed by atoms with Crippen LogP contribution in [0.3, 0.4) is 0 Å². The van der Waals surface area contributed by atoms with E-state index in [0.29, 0.717) is 5.56 Å². The number of aromatic nitrogens is 4. The van der Waals surface area contributed by atoms with Crippen LogP contribution >= 0.6 is 11.3 Å². The first kappa shape index (κ1) is 21.7. The molecule has 35 heavy (non-hydrogen) atoms. The van der Waals surface area contributed by atoms with Crippen LogP contribution in [0.15, 0.2) is 72.4 Å². The Labute approximate surface area is 206 Å². The Morgan fingerprint density at radius 3 is 2.83 bits per heavy atom. The van der Waals surface area contributed by atoms with Crippen LogP contribution in [-0.4, -0.2) is 56.6 Å². The molecule has 5 aromatic rings. The SMILES string of the molecule is O=C(Nc1ccccc1-c1cn2c(CN3CCNCC3)csc2n1)c1cccc(-c2ccn[nH]2)c1. The van der Waals surface area contributed by atoms with Crippen molar-refractivity contribution in [2.24, 2.45) is 0 Å². The summed E-state index contributed by atoms with van der Waals surface area (Å²) in [6, 6.07) is 17.2. The predicted octanol–water partition coefficient (Wildman–Crippen LogP) is 4.11. The van der Waals surface area contributed by atoms with Gasteiger partial charge in [0.2, 0.25) is 0 Å². The van der Waals surface area contributed by atoms with Crippen molar-refractivity contribution in [1.82, 2.24) is 29.8 Å². The van der Waals surface area contributed by atoms with Crippen LogP contribution in [0.5, 0.6) is 0 Å². The van der Waals surface area contributed by atoms with Crippen molar-refractivity contribution < 1.29 is 4.79 Å². The molecule has 0 spiro atoms. The Hall–Kier alpha value is -3.79. The molecule has 0 aliphatic carbocycles. The normalized spacial score (nSPS) is 14.4. The zero-order valence-corrected chi connectivity index (χ0v) is 19.9. The summed E-state index contributed by atoms with van der Waals surface area (Å²) in [6.45, 7) is 5.06. The number of hydrogen-bond acceptors (Lipinski definition) is 6. The minimum absolute atomic E-state index is 0.167. The van der Waals surface area contributed by atoms with Gasteiger partial charge in [-0.1, -0.05) is 30.3 Å². The molecular weight excluding hydrogens is 458 g/mol. The van der Waals surface area contributed by atoms with Gasteiger partial charge in [0.25, 0.3) is 5.91 Å². The number of carbonyl (C=O) groups is 1. The summed E-state index contributed by atoms with van der Waals surface area (Å²) in [4.78, 5) is 21.4. The fourth-order valence-electron chi connectivity index (χ4n) is 4.43. The summed E-state index contributed by atoms with van der Waals surface area (Å²) >= 11 is 1.65. The van der Waals surface area contributed by atoms with E-state index in [1.165, 1.54) is 5.69 Å². The third-order valence-corrected chi connectivity index (χ3v) is 7.16. The van der Waals surface area contributed by atoms with Crippen LogP contribution in [0.1, 0.15) is 16.1 Å². The summed E-state index contributed by atoms with van der Waals surface area (Å²) in [5.41, 5.74) is 6.08. The van der Waals surface area contributed by atoms with Crippen LogP contribution in [-0.2, 0) is 6.54 Å². The first-order chi connectivity index (χ1) is 17.2. The van der Waals surface area contributed by atoms with Crippen molar-refractivity contribution in [3.63, 3.8) is 0 Å². The maximum absolute atomic E-state index is 13.1. The minimum Gasteiger partial charge on any atom is -0.321 e. The van der Waals surface area contributed by atoms with Crippen molar-refractivity contribution in [2.45, 2.75) is 6.54 Å². The molecule has 8 nitrogen and oxygen atoms in total. The van der Waals surface area contributed by atoms with Crippen molar-refractivity contribution in [2.75, 3.05) is 31.5 Å². The van der Waals surface area contributed by atoms with Gasteiger partial charge in [-0.3, -0.25) is 19.2 Å². The van der Waals surface area contributed by atoms with Crippen LogP contribution in [0.25, 0.3) is 27.5 Å². The molecule has 4 heterocycles. The highest BCUT2D eigenvalue weighted by molar-refractivity contribution is 7.15. The smallest absolute Gasteiger partial charge is 0.255 e. The van der Waals surface area contributed by atoms with E-state index in [2.05, 4.69) is 41.7 Å². The van der Waals surface area contributed by atoms with Crippen LogP contribution in [0.4, 0.5) is 5.69 Å². The number of carbonyl (C=O) groups excluding carboxylic acids is 1. The number of nitrogens with one attached hydrogen (secondary N) is 3. The molecule has 6 rings (SSSR count). The summed E-state index contributed by atoms with van der Waals surface area (Å²) in [5, 5.41) is 15.6. The number of piperazine rings is 1. The quantitative estimate of drug-likeness (QED) is 0.338. The average molecular weight is 484 g/mol. The Morgan fingerprint density at radius 1 is 1.09 bits per heavy atom. The minimum atomic E-state index is -0.167. The van der Waals surface area contributed by atoms with Gasteiger partial charge in [-0.05, 0) is 24.3 Å². The molecule has 2 aromatic carbocycles. The van der Waals surface area contributed by atoms with Crippen LogP contribution in [0.2, 0.25) is 0 Å². The number of aromatic amines is 1. The number of benzene rings is 2. The molecule has 1 amide bonds. The number of rotatable bonds is 6. The average Bonchev–Trinajstić information content (AvgIpc) is 3.65. The number of nitrogens with zero attached hydrogens (tertiary/aromatic N) is 4. The molecule has 3 N–H and O–H groups in total. The molecule has 0 saturated carbocycles. The number of imidazole rings is 1. The maximum atomic E-state index is 13.1. The first-order valence-corrected chi connectivity index (χ1v) is 12.5. The standard InChI is InChI=1S/C26H25N7OS/c34-25(19-5-3-4-18(14-19)22-8-9-28-31-22)29-23-7-2-1-6-21(23)24-16-33-20(17-35-26(33)30-24)15-32-12-10-27-11-13-32/h1-9,14,16-17,27H,10-13,15H2,(H,28,31)(H,29,34). The van der Waals surface area contributed by atoms with E-state index in [1.54, 1.807) is 17.5 Å². The highest BCUT2D eigenvalue weighted by Gasteiger charge is 2.17. The topological polar surface area (TPSA) is 90.3 Å².